The molecule has 41 heavy (non-hydrogen) atoms. The normalized spacial score (nSPS) is 13.5. The Labute approximate surface area is 237 Å². The summed E-state index contributed by atoms with van der Waals surface area (Å²) in [4.78, 5) is 44.1. The molecule has 0 saturated carbocycles. The Hall–Kier alpha value is -4.83. The number of H-pyrrole nitrogens is 1. The van der Waals surface area contributed by atoms with Crippen molar-refractivity contribution in [2.75, 3.05) is 36.9 Å². The Balaban J connectivity index is 1.29. The van der Waals surface area contributed by atoms with Crippen LogP contribution in [-0.4, -0.2) is 58.2 Å². The summed E-state index contributed by atoms with van der Waals surface area (Å²) in [6.07, 6.45) is 1.49. The van der Waals surface area contributed by atoms with Gasteiger partial charge in [0.2, 0.25) is 0 Å². The highest BCUT2D eigenvalue weighted by molar-refractivity contribution is 6.04. The Morgan fingerprint density at radius 2 is 1.68 bits per heavy atom. The van der Waals surface area contributed by atoms with Crippen LogP contribution in [0.4, 0.5) is 17.2 Å². The number of pyridine rings is 1. The standard InChI is InChI=1S/C31H32N6O4/c1-31(2,3)23-10-7-20(8-11-23)28(38)33-24-6-4-5-21(17-24)25-18-26(29(39)36-35-25)34-27-12-9-22(19-32-27)30(40)37-13-15-41-16-14-37/h4-12,17-19H,13-16H2,1-3H3,(H,33,38)(H,36,39)(H,32,34,35). The lowest BCUT2D eigenvalue weighted by Crippen LogP contribution is -2.40. The number of anilines is 3. The molecule has 3 N–H and O–H groups in total. The molecule has 10 heteroatoms. The van der Waals surface area contributed by atoms with E-state index in [4.69, 9.17) is 4.74 Å². The van der Waals surface area contributed by atoms with Gasteiger partial charge in [-0.1, -0.05) is 45.0 Å². The number of hydrogen-bond donors (Lipinski definition) is 3. The zero-order valence-electron chi connectivity index (χ0n) is 23.2. The summed E-state index contributed by atoms with van der Waals surface area (Å²) in [7, 11) is 0. The monoisotopic (exact) mass is 552 g/mol. The van der Waals surface area contributed by atoms with Crippen molar-refractivity contribution in [3.05, 3.63) is 100.0 Å². The highest BCUT2D eigenvalue weighted by atomic mass is 16.5. The summed E-state index contributed by atoms with van der Waals surface area (Å²) < 4.78 is 5.30. The van der Waals surface area contributed by atoms with Gasteiger partial charge in [0.1, 0.15) is 11.5 Å². The third-order valence-electron chi connectivity index (χ3n) is 6.80. The lowest BCUT2D eigenvalue weighted by atomic mass is 9.87. The number of carbonyl (C=O) groups excluding carboxylic acids is 2. The van der Waals surface area contributed by atoms with Crippen LogP contribution in [0.15, 0.2) is 77.7 Å². The first-order valence-corrected chi connectivity index (χ1v) is 13.4. The Bertz CT molecular complexity index is 1600. The van der Waals surface area contributed by atoms with E-state index in [-0.39, 0.29) is 22.9 Å². The number of aromatic nitrogens is 3. The van der Waals surface area contributed by atoms with Gasteiger partial charge in [-0.25, -0.2) is 10.1 Å². The number of benzene rings is 2. The summed E-state index contributed by atoms with van der Waals surface area (Å²) in [5, 5.41) is 12.6. The third kappa shape index (κ3) is 6.67. The molecule has 0 spiro atoms. The Kier molecular flexibility index (Phi) is 7.93. The molecular weight excluding hydrogens is 520 g/mol. The van der Waals surface area contributed by atoms with Crippen molar-refractivity contribution >= 4 is 29.0 Å². The van der Waals surface area contributed by atoms with Crippen LogP contribution in [0.25, 0.3) is 11.3 Å². The molecule has 1 fully saturated rings. The van der Waals surface area contributed by atoms with E-state index in [2.05, 4.69) is 46.6 Å². The smallest absolute Gasteiger partial charge is 0.287 e. The molecule has 0 bridgehead atoms. The van der Waals surface area contributed by atoms with Gasteiger partial charge in [0.15, 0.2) is 0 Å². The summed E-state index contributed by atoms with van der Waals surface area (Å²) in [6, 6.07) is 19.7. The maximum atomic E-state index is 12.9. The molecule has 4 aromatic rings. The highest BCUT2D eigenvalue weighted by Gasteiger charge is 2.19. The van der Waals surface area contributed by atoms with Crippen molar-refractivity contribution in [3.63, 3.8) is 0 Å². The molecule has 0 unspecified atom stereocenters. The summed E-state index contributed by atoms with van der Waals surface area (Å²) in [6.45, 7) is 8.51. The van der Waals surface area contributed by atoms with E-state index in [0.717, 1.165) is 5.56 Å². The maximum absolute atomic E-state index is 12.9. The predicted octanol–water partition coefficient (Wildman–Crippen LogP) is 4.60. The minimum absolute atomic E-state index is 0.00228. The largest absolute Gasteiger partial charge is 0.378 e. The van der Waals surface area contributed by atoms with Gasteiger partial charge in [-0.05, 0) is 53.4 Å². The molecule has 210 valence electrons. The Morgan fingerprint density at radius 1 is 0.951 bits per heavy atom. The van der Waals surface area contributed by atoms with E-state index in [0.29, 0.717) is 60.2 Å². The number of amides is 2. The summed E-state index contributed by atoms with van der Waals surface area (Å²) >= 11 is 0. The lowest BCUT2D eigenvalue weighted by molar-refractivity contribution is 0.0302. The zero-order chi connectivity index (χ0) is 29.0. The van der Waals surface area contributed by atoms with Crippen molar-refractivity contribution in [2.24, 2.45) is 0 Å². The van der Waals surface area contributed by atoms with Crippen LogP contribution < -0.4 is 16.2 Å². The van der Waals surface area contributed by atoms with Crippen LogP contribution in [0, 0.1) is 0 Å². The fourth-order valence-electron chi connectivity index (χ4n) is 4.41. The van der Waals surface area contributed by atoms with Gasteiger partial charge < -0.3 is 20.3 Å². The van der Waals surface area contributed by atoms with Crippen molar-refractivity contribution in [1.29, 1.82) is 0 Å². The highest BCUT2D eigenvalue weighted by Crippen LogP contribution is 2.25. The van der Waals surface area contributed by atoms with E-state index in [9.17, 15) is 14.4 Å². The number of ether oxygens (including phenoxy) is 1. The number of morpholine rings is 1. The lowest BCUT2D eigenvalue weighted by Gasteiger charge is -2.26. The number of nitrogens with one attached hydrogen (secondary N) is 3. The van der Waals surface area contributed by atoms with Crippen LogP contribution in [0.2, 0.25) is 0 Å². The van der Waals surface area contributed by atoms with Crippen LogP contribution in [0.5, 0.6) is 0 Å². The minimum atomic E-state index is -0.424. The Morgan fingerprint density at radius 3 is 2.37 bits per heavy atom. The first-order valence-electron chi connectivity index (χ1n) is 13.4. The van der Waals surface area contributed by atoms with E-state index >= 15 is 0 Å². The number of hydrogen-bond acceptors (Lipinski definition) is 7. The second-order valence-electron chi connectivity index (χ2n) is 10.8. The zero-order valence-corrected chi connectivity index (χ0v) is 23.2. The summed E-state index contributed by atoms with van der Waals surface area (Å²) in [5.74, 6) is 0.0796. The topological polar surface area (TPSA) is 129 Å². The van der Waals surface area contributed by atoms with Gasteiger partial charge in [0.25, 0.3) is 17.4 Å². The summed E-state index contributed by atoms with van der Waals surface area (Å²) in [5.41, 5.74) is 3.78. The molecule has 0 atom stereocenters. The minimum Gasteiger partial charge on any atom is -0.378 e. The number of carbonyl (C=O) groups is 2. The van der Waals surface area contributed by atoms with E-state index in [1.165, 1.54) is 6.20 Å². The molecule has 1 saturated heterocycles. The van der Waals surface area contributed by atoms with Crippen molar-refractivity contribution in [1.82, 2.24) is 20.1 Å². The van der Waals surface area contributed by atoms with E-state index < -0.39 is 5.56 Å². The molecule has 0 radical (unpaired) electrons. The van der Waals surface area contributed by atoms with Gasteiger partial charge in [-0.3, -0.25) is 14.4 Å². The second kappa shape index (κ2) is 11.7. The molecule has 0 aliphatic carbocycles. The fourth-order valence-corrected chi connectivity index (χ4v) is 4.41. The van der Waals surface area contributed by atoms with Gasteiger partial charge in [-0.2, -0.15) is 5.10 Å². The number of aromatic amines is 1. The van der Waals surface area contributed by atoms with Crippen LogP contribution in [-0.2, 0) is 10.2 Å². The van der Waals surface area contributed by atoms with Crippen molar-refractivity contribution in [2.45, 2.75) is 26.2 Å². The molecular formula is C31H32N6O4. The maximum Gasteiger partial charge on any atom is 0.287 e. The first-order chi connectivity index (χ1) is 19.7. The average Bonchev–Trinajstić information content (AvgIpc) is 2.98. The van der Waals surface area contributed by atoms with Crippen LogP contribution >= 0.6 is 0 Å². The fraction of sp³-hybridized carbons (Fsp3) is 0.258. The SMILES string of the molecule is CC(C)(C)c1ccc(C(=O)Nc2cccc(-c3cc(Nc4ccc(C(=O)N5CCOCC5)cn4)c(=O)[nH]n3)c2)cc1. The van der Waals surface area contributed by atoms with Crippen molar-refractivity contribution < 1.29 is 14.3 Å². The number of nitrogens with zero attached hydrogens (tertiary/aromatic N) is 3. The number of rotatable bonds is 6. The molecule has 1 aliphatic heterocycles. The van der Waals surface area contributed by atoms with Crippen LogP contribution in [0.1, 0.15) is 47.1 Å². The molecule has 1 aliphatic rings. The molecule has 2 aromatic carbocycles. The second-order valence-corrected chi connectivity index (χ2v) is 10.8. The first kappa shape index (κ1) is 27.7. The molecule has 3 heterocycles. The predicted molar refractivity (Wildman–Crippen MR) is 158 cm³/mol. The van der Waals surface area contributed by atoms with Crippen LogP contribution in [0.3, 0.4) is 0 Å². The van der Waals surface area contributed by atoms with Gasteiger partial charge in [0.05, 0.1) is 24.5 Å². The molecule has 10 nitrogen and oxygen atoms in total. The van der Waals surface area contributed by atoms with Crippen molar-refractivity contribution in [3.8, 4) is 11.3 Å². The van der Waals surface area contributed by atoms with Gasteiger partial charge in [-0.15, -0.1) is 0 Å². The van der Waals surface area contributed by atoms with Gasteiger partial charge in [0, 0.05) is 36.1 Å². The third-order valence-corrected chi connectivity index (χ3v) is 6.80. The molecule has 2 amide bonds. The average molecular weight is 553 g/mol. The van der Waals surface area contributed by atoms with E-state index in [1.54, 1.807) is 41.3 Å². The quantitative estimate of drug-likeness (QED) is 0.319. The van der Waals surface area contributed by atoms with E-state index in [1.807, 2.05) is 30.3 Å². The molecule has 2 aromatic heterocycles. The van der Waals surface area contributed by atoms with Gasteiger partial charge >= 0.3 is 0 Å². The molecule has 5 rings (SSSR count).